The number of hydrogen-bond donors (Lipinski definition) is 2. The summed E-state index contributed by atoms with van der Waals surface area (Å²) in [5, 5.41) is 2.76. The molecular formula is C14H20BrN3O. The minimum Gasteiger partial charge on any atom is -0.398 e. The molecule has 19 heavy (non-hydrogen) atoms. The van der Waals surface area contributed by atoms with Gasteiger partial charge in [-0.25, -0.2) is 0 Å². The number of anilines is 1. The van der Waals surface area contributed by atoms with E-state index in [1.807, 2.05) is 19.1 Å². The van der Waals surface area contributed by atoms with Crippen molar-refractivity contribution in [1.29, 1.82) is 0 Å². The molecule has 5 heteroatoms. The topological polar surface area (TPSA) is 58.4 Å². The summed E-state index contributed by atoms with van der Waals surface area (Å²) in [6, 6.07) is 6.02. The van der Waals surface area contributed by atoms with E-state index < -0.39 is 0 Å². The van der Waals surface area contributed by atoms with Crippen LogP contribution in [0.3, 0.4) is 0 Å². The first kappa shape index (κ1) is 14.3. The smallest absolute Gasteiger partial charge is 0.227 e. The van der Waals surface area contributed by atoms with Gasteiger partial charge in [-0.2, -0.15) is 0 Å². The zero-order valence-electron chi connectivity index (χ0n) is 11.4. The van der Waals surface area contributed by atoms with Gasteiger partial charge in [0.15, 0.2) is 0 Å². The van der Waals surface area contributed by atoms with E-state index in [1.165, 1.54) is 5.56 Å². The maximum atomic E-state index is 11.9. The predicted molar refractivity (Wildman–Crippen MR) is 80.6 cm³/mol. The summed E-state index contributed by atoms with van der Waals surface area (Å²) in [5.41, 5.74) is 7.56. The number of benzene rings is 1. The number of halogens is 1. The van der Waals surface area contributed by atoms with Crippen LogP contribution < -0.4 is 11.1 Å². The first-order valence-electron chi connectivity index (χ1n) is 6.43. The zero-order chi connectivity index (χ0) is 14.0. The lowest BCUT2D eigenvalue weighted by atomic mass is 9.89. The van der Waals surface area contributed by atoms with Crippen molar-refractivity contribution in [2.75, 3.05) is 25.9 Å². The molecule has 1 heterocycles. The molecule has 1 aromatic rings. The molecule has 3 N–H and O–H groups in total. The van der Waals surface area contributed by atoms with Crippen LogP contribution in [0.5, 0.6) is 0 Å². The van der Waals surface area contributed by atoms with Gasteiger partial charge in [0.05, 0.1) is 5.41 Å². The van der Waals surface area contributed by atoms with E-state index in [9.17, 15) is 4.79 Å². The maximum absolute atomic E-state index is 11.9. The molecular weight excluding hydrogens is 306 g/mol. The van der Waals surface area contributed by atoms with Crippen molar-refractivity contribution in [3.63, 3.8) is 0 Å². The van der Waals surface area contributed by atoms with E-state index >= 15 is 0 Å². The van der Waals surface area contributed by atoms with Crippen LogP contribution in [0.4, 0.5) is 5.69 Å². The maximum Gasteiger partial charge on any atom is 0.227 e. The van der Waals surface area contributed by atoms with Crippen molar-refractivity contribution in [2.24, 2.45) is 5.41 Å². The van der Waals surface area contributed by atoms with Crippen molar-refractivity contribution < 1.29 is 4.79 Å². The minimum atomic E-state index is -0.268. The van der Waals surface area contributed by atoms with Gasteiger partial charge in [0, 0.05) is 30.3 Å². The lowest BCUT2D eigenvalue weighted by molar-refractivity contribution is -0.129. The largest absolute Gasteiger partial charge is 0.398 e. The Balaban J connectivity index is 2.02. The Hall–Kier alpha value is -1.07. The third-order valence-electron chi connectivity index (χ3n) is 3.79. The number of nitrogens with zero attached hydrogens (tertiary/aromatic N) is 1. The number of likely N-dealkylation sites (tertiary alicyclic amines) is 1. The highest BCUT2D eigenvalue weighted by Crippen LogP contribution is 2.31. The van der Waals surface area contributed by atoms with Gasteiger partial charge in [0.25, 0.3) is 0 Å². The molecule has 0 aliphatic carbocycles. The van der Waals surface area contributed by atoms with Gasteiger partial charge in [-0.3, -0.25) is 9.69 Å². The highest BCUT2D eigenvalue weighted by atomic mass is 79.9. The summed E-state index contributed by atoms with van der Waals surface area (Å²) >= 11 is 3.40. The second-order valence-electron chi connectivity index (χ2n) is 5.46. The number of rotatable bonds is 3. The average molecular weight is 326 g/mol. The Labute approximate surface area is 122 Å². The van der Waals surface area contributed by atoms with Crippen LogP contribution in [0, 0.1) is 5.41 Å². The molecule has 0 saturated carbocycles. The van der Waals surface area contributed by atoms with Crippen molar-refractivity contribution in [2.45, 2.75) is 19.9 Å². The molecule has 1 aliphatic rings. The molecule has 1 aliphatic heterocycles. The van der Waals surface area contributed by atoms with Crippen LogP contribution >= 0.6 is 15.9 Å². The number of carbonyl (C=O) groups is 1. The lowest BCUT2D eigenvalue weighted by Gasteiger charge is -2.22. The quantitative estimate of drug-likeness (QED) is 0.835. The van der Waals surface area contributed by atoms with E-state index in [1.54, 1.807) is 7.05 Å². The van der Waals surface area contributed by atoms with E-state index in [0.29, 0.717) is 0 Å². The van der Waals surface area contributed by atoms with Crippen LogP contribution in [0.25, 0.3) is 0 Å². The Morgan fingerprint density at radius 1 is 1.58 bits per heavy atom. The molecule has 4 nitrogen and oxygen atoms in total. The molecule has 104 valence electrons. The highest BCUT2D eigenvalue weighted by molar-refractivity contribution is 9.10. The first-order valence-corrected chi connectivity index (χ1v) is 7.22. The predicted octanol–water partition coefficient (Wildman–Crippen LogP) is 1.99. The summed E-state index contributed by atoms with van der Waals surface area (Å²) in [4.78, 5) is 14.2. The van der Waals surface area contributed by atoms with Gasteiger partial charge in [-0.15, -0.1) is 0 Å². The normalized spacial score (nSPS) is 23.5. The molecule has 1 amide bonds. The monoisotopic (exact) mass is 325 g/mol. The lowest BCUT2D eigenvalue weighted by Crippen LogP contribution is -2.39. The van der Waals surface area contributed by atoms with Gasteiger partial charge < -0.3 is 11.1 Å². The van der Waals surface area contributed by atoms with E-state index in [4.69, 9.17) is 5.73 Å². The summed E-state index contributed by atoms with van der Waals surface area (Å²) in [5.74, 6) is 0.130. The highest BCUT2D eigenvalue weighted by Gasteiger charge is 2.39. The molecule has 0 spiro atoms. The number of nitrogens with one attached hydrogen (secondary N) is 1. The van der Waals surface area contributed by atoms with E-state index in [0.717, 1.165) is 36.2 Å². The van der Waals surface area contributed by atoms with E-state index in [2.05, 4.69) is 32.2 Å². The third-order valence-corrected chi connectivity index (χ3v) is 4.52. The number of hydrogen-bond acceptors (Lipinski definition) is 3. The standard InChI is InChI=1S/C14H20BrN3O/c1-14(13(19)17-2)5-6-18(9-14)8-10-3-4-11(15)12(16)7-10/h3-4,7H,5-6,8-9,16H2,1-2H3,(H,17,19). The molecule has 0 bridgehead atoms. The molecule has 1 saturated heterocycles. The van der Waals surface area contributed by atoms with Gasteiger partial charge in [-0.1, -0.05) is 6.07 Å². The van der Waals surface area contributed by atoms with E-state index in [-0.39, 0.29) is 11.3 Å². The summed E-state index contributed by atoms with van der Waals surface area (Å²) in [6.45, 7) is 4.61. The first-order chi connectivity index (χ1) is 8.94. The molecule has 0 radical (unpaired) electrons. The van der Waals surface area contributed by atoms with Crippen LogP contribution in [0.15, 0.2) is 22.7 Å². The van der Waals surface area contributed by atoms with Crippen molar-refractivity contribution in [1.82, 2.24) is 10.2 Å². The summed E-state index contributed by atoms with van der Waals surface area (Å²) in [6.07, 6.45) is 0.901. The third kappa shape index (κ3) is 3.09. The van der Waals surface area contributed by atoms with Crippen molar-refractivity contribution >= 4 is 27.5 Å². The fourth-order valence-electron chi connectivity index (χ4n) is 2.63. The van der Waals surface area contributed by atoms with Crippen molar-refractivity contribution in [3.8, 4) is 0 Å². The van der Waals surface area contributed by atoms with Gasteiger partial charge >= 0.3 is 0 Å². The number of carbonyl (C=O) groups excluding carboxylic acids is 1. The van der Waals surface area contributed by atoms with Crippen LogP contribution in [-0.4, -0.2) is 30.9 Å². The Morgan fingerprint density at radius 2 is 2.32 bits per heavy atom. The second kappa shape index (κ2) is 5.51. The van der Waals surface area contributed by atoms with Crippen LogP contribution in [0.1, 0.15) is 18.9 Å². The molecule has 1 atom stereocenters. The second-order valence-corrected chi connectivity index (χ2v) is 6.31. The molecule has 2 rings (SSSR count). The Bertz CT molecular complexity index is 492. The van der Waals surface area contributed by atoms with Gasteiger partial charge in [0.2, 0.25) is 5.91 Å². The number of nitrogens with two attached hydrogens (primary N) is 1. The number of amides is 1. The average Bonchev–Trinajstić information content (AvgIpc) is 2.76. The summed E-state index contributed by atoms with van der Waals surface area (Å²) in [7, 11) is 1.70. The molecule has 1 fully saturated rings. The van der Waals surface area contributed by atoms with Crippen LogP contribution in [-0.2, 0) is 11.3 Å². The zero-order valence-corrected chi connectivity index (χ0v) is 13.0. The Morgan fingerprint density at radius 3 is 2.95 bits per heavy atom. The van der Waals surface area contributed by atoms with Crippen molar-refractivity contribution in [3.05, 3.63) is 28.2 Å². The summed E-state index contributed by atoms with van der Waals surface area (Å²) < 4.78 is 0.924. The molecule has 1 unspecified atom stereocenters. The van der Waals surface area contributed by atoms with Crippen LogP contribution in [0.2, 0.25) is 0 Å². The van der Waals surface area contributed by atoms with Gasteiger partial charge in [0.1, 0.15) is 0 Å². The molecule has 1 aromatic carbocycles. The SMILES string of the molecule is CNC(=O)C1(C)CCN(Cc2ccc(Br)c(N)c2)C1. The molecule has 0 aromatic heterocycles. The van der Waals surface area contributed by atoms with Gasteiger partial charge in [-0.05, 0) is 53.5 Å². The number of nitrogen functional groups attached to an aromatic ring is 1. The Kier molecular flexibility index (Phi) is 4.16. The minimum absolute atomic E-state index is 0.130. The fraction of sp³-hybridized carbons (Fsp3) is 0.500. The fourth-order valence-corrected chi connectivity index (χ4v) is 2.87.